The van der Waals surface area contributed by atoms with Crippen molar-refractivity contribution in [2.45, 2.75) is 212 Å². The molecule has 0 aliphatic heterocycles. The zero-order valence-corrected chi connectivity index (χ0v) is 27.9. The number of rotatable bonds is 33. The average molecular weight is 589 g/mol. The molecule has 0 spiro atoms. The van der Waals surface area contributed by atoms with E-state index in [1.807, 2.05) is 0 Å². The number of unbranched alkanes of at least 4 members (excludes halogenated alkanes) is 31. The summed E-state index contributed by atoms with van der Waals surface area (Å²) in [5.74, 6) is 0. The molecular weight excluding hydrogens is 514 g/mol. The molecule has 0 aromatic rings. The molecule has 0 unspecified atom stereocenters. The maximum Gasteiger partial charge on any atom is 0.0753 e. The van der Waals surface area contributed by atoms with E-state index in [4.69, 9.17) is 0 Å². The zero-order valence-electron chi connectivity index (χ0n) is 26.3. The minimum Gasteiger partial charge on any atom is -1.00 e. The lowest BCUT2D eigenvalue weighted by atomic mass is 10.0. The van der Waals surface area contributed by atoms with Gasteiger partial charge in [0.2, 0.25) is 0 Å². The summed E-state index contributed by atoms with van der Waals surface area (Å²) < 4.78 is 0. The Kier molecular flexibility index (Phi) is 41.3. The molecule has 0 aromatic heterocycles. The second-order valence-electron chi connectivity index (χ2n) is 12.2. The standard InChI is InChI=1S/C35H73N.BrH/c1-3-4-5-6-7-8-9-10-11-12-13-14-15-16-17-18-19-20-21-22-23-24-25-26-27-28-29-30-31-32-33-34-35-36-2;/h36H,3-35H2,1-2H3;1H. The molecule has 2 N–H and O–H groups in total. The molecule has 0 radical (unpaired) electrons. The van der Waals surface area contributed by atoms with Gasteiger partial charge in [0.25, 0.3) is 0 Å². The molecule has 0 atom stereocenters. The molecule has 0 saturated heterocycles. The lowest BCUT2D eigenvalue weighted by Crippen LogP contribution is -3.00. The summed E-state index contributed by atoms with van der Waals surface area (Å²) in [7, 11) is 2.18. The Morgan fingerprint density at radius 1 is 0.270 bits per heavy atom. The second-order valence-corrected chi connectivity index (χ2v) is 12.2. The molecule has 2 heteroatoms. The van der Waals surface area contributed by atoms with Gasteiger partial charge in [-0.1, -0.05) is 200 Å². The van der Waals surface area contributed by atoms with E-state index in [1.165, 1.54) is 212 Å². The maximum absolute atomic E-state index is 2.31. The molecule has 37 heavy (non-hydrogen) atoms. The predicted molar refractivity (Wildman–Crippen MR) is 166 cm³/mol. The number of hydrogen-bond acceptors (Lipinski definition) is 0. The average Bonchev–Trinajstić information content (AvgIpc) is 2.89. The number of nitrogens with two attached hydrogens (primary N) is 1. The van der Waals surface area contributed by atoms with Crippen LogP contribution in [-0.2, 0) is 0 Å². The number of halogens is 1. The first kappa shape index (κ1) is 39.6. The largest absolute Gasteiger partial charge is 1.00 e. The predicted octanol–water partition coefficient (Wildman–Crippen LogP) is 8.69. The smallest absolute Gasteiger partial charge is 0.0753 e. The summed E-state index contributed by atoms with van der Waals surface area (Å²) in [5.41, 5.74) is 0. The zero-order chi connectivity index (χ0) is 26.0. The van der Waals surface area contributed by atoms with E-state index in [2.05, 4.69) is 19.3 Å². The van der Waals surface area contributed by atoms with Gasteiger partial charge < -0.3 is 22.3 Å². The Hall–Kier alpha value is 0.440. The Labute approximate surface area is 247 Å². The van der Waals surface area contributed by atoms with Gasteiger partial charge in [0.1, 0.15) is 0 Å². The summed E-state index contributed by atoms with van der Waals surface area (Å²) in [6, 6.07) is 0. The van der Waals surface area contributed by atoms with Gasteiger partial charge in [-0.25, -0.2) is 0 Å². The molecular formula is C35H74BrN. The van der Waals surface area contributed by atoms with E-state index < -0.39 is 0 Å². The Bertz CT molecular complexity index is 325. The van der Waals surface area contributed by atoms with E-state index in [-0.39, 0.29) is 17.0 Å². The molecule has 1 nitrogen and oxygen atoms in total. The van der Waals surface area contributed by atoms with Gasteiger partial charge in [0, 0.05) is 0 Å². The van der Waals surface area contributed by atoms with Crippen LogP contribution in [0.15, 0.2) is 0 Å². The van der Waals surface area contributed by atoms with Crippen molar-refractivity contribution in [3.63, 3.8) is 0 Å². The first-order valence-corrected chi connectivity index (χ1v) is 17.7. The van der Waals surface area contributed by atoms with Crippen molar-refractivity contribution in [2.75, 3.05) is 13.6 Å². The van der Waals surface area contributed by atoms with Gasteiger partial charge in [-0.15, -0.1) is 0 Å². The van der Waals surface area contributed by atoms with Gasteiger partial charge in [-0.2, -0.15) is 0 Å². The monoisotopic (exact) mass is 588 g/mol. The molecule has 0 heterocycles. The first-order chi connectivity index (χ1) is 17.9. The van der Waals surface area contributed by atoms with Gasteiger partial charge in [0.15, 0.2) is 0 Å². The van der Waals surface area contributed by atoms with Gasteiger partial charge in [-0.3, -0.25) is 0 Å². The lowest BCUT2D eigenvalue weighted by molar-refractivity contribution is -0.627. The van der Waals surface area contributed by atoms with Crippen LogP contribution in [0.1, 0.15) is 212 Å². The Morgan fingerprint density at radius 2 is 0.432 bits per heavy atom. The Balaban J connectivity index is 0. The summed E-state index contributed by atoms with van der Waals surface area (Å²) in [6.07, 6.45) is 47.4. The van der Waals surface area contributed by atoms with Gasteiger partial charge in [-0.05, 0) is 12.8 Å². The van der Waals surface area contributed by atoms with Crippen LogP contribution in [0.25, 0.3) is 0 Å². The van der Waals surface area contributed by atoms with Gasteiger partial charge >= 0.3 is 0 Å². The molecule has 0 aliphatic rings. The highest BCUT2D eigenvalue weighted by atomic mass is 79.9. The van der Waals surface area contributed by atoms with Crippen LogP contribution in [0.4, 0.5) is 0 Å². The third-order valence-electron chi connectivity index (χ3n) is 8.35. The highest BCUT2D eigenvalue weighted by Gasteiger charge is 1.97. The van der Waals surface area contributed by atoms with E-state index in [1.54, 1.807) is 0 Å². The number of quaternary nitrogens is 1. The Morgan fingerprint density at radius 3 is 0.595 bits per heavy atom. The summed E-state index contributed by atoms with van der Waals surface area (Å²) in [5, 5.41) is 2.31. The quantitative estimate of drug-likeness (QED) is 0.0739. The minimum atomic E-state index is 0. The summed E-state index contributed by atoms with van der Waals surface area (Å²) >= 11 is 0. The molecule has 226 valence electrons. The van der Waals surface area contributed by atoms with E-state index in [0.29, 0.717) is 0 Å². The normalized spacial score (nSPS) is 11.2. The fourth-order valence-electron chi connectivity index (χ4n) is 5.72. The highest BCUT2D eigenvalue weighted by Crippen LogP contribution is 2.16. The number of hydrogen-bond donors (Lipinski definition) is 1. The lowest BCUT2D eigenvalue weighted by Gasteiger charge is -2.04. The molecule has 0 amide bonds. The van der Waals surface area contributed by atoms with Crippen LogP contribution in [-0.4, -0.2) is 13.6 Å². The van der Waals surface area contributed by atoms with Crippen molar-refractivity contribution in [1.29, 1.82) is 0 Å². The van der Waals surface area contributed by atoms with Crippen LogP contribution < -0.4 is 22.3 Å². The molecule has 0 aromatic carbocycles. The van der Waals surface area contributed by atoms with Crippen LogP contribution in [0, 0.1) is 0 Å². The second kappa shape index (κ2) is 38.6. The van der Waals surface area contributed by atoms with E-state index >= 15 is 0 Å². The fraction of sp³-hybridized carbons (Fsp3) is 1.00. The van der Waals surface area contributed by atoms with Crippen LogP contribution in [0.2, 0.25) is 0 Å². The van der Waals surface area contributed by atoms with E-state index in [0.717, 1.165) is 0 Å². The maximum atomic E-state index is 2.31. The van der Waals surface area contributed by atoms with Crippen molar-refractivity contribution >= 4 is 0 Å². The molecule has 0 rings (SSSR count). The third-order valence-corrected chi connectivity index (χ3v) is 8.35. The van der Waals surface area contributed by atoms with Crippen LogP contribution in [0.3, 0.4) is 0 Å². The topological polar surface area (TPSA) is 16.6 Å². The SMILES string of the molecule is CCCCCCCCCCCCCCCCCCCCCCCCCCCCCCCCCC[NH2+]C.[Br-]. The summed E-state index contributed by atoms with van der Waals surface area (Å²) in [6.45, 7) is 3.63. The third kappa shape index (κ3) is 38.7. The highest BCUT2D eigenvalue weighted by molar-refractivity contribution is 4.52. The first-order valence-electron chi connectivity index (χ1n) is 17.7. The van der Waals surface area contributed by atoms with Crippen molar-refractivity contribution in [1.82, 2.24) is 0 Å². The molecule has 0 aliphatic carbocycles. The fourth-order valence-corrected chi connectivity index (χ4v) is 5.72. The van der Waals surface area contributed by atoms with Crippen molar-refractivity contribution in [3.05, 3.63) is 0 Å². The molecule has 0 bridgehead atoms. The van der Waals surface area contributed by atoms with Crippen molar-refractivity contribution in [3.8, 4) is 0 Å². The molecule has 0 fully saturated rings. The minimum absolute atomic E-state index is 0. The van der Waals surface area contributed by atoms with Crippen molar-refractivity contribution in [2.24, 2.45) is 0 Å². The van der Waals surface area contributed by atoms with Crippen LogP contribution in [0.5, 0.6) is 0 Å². The van der Waals surface area contributed by atoms with E-state index in [9.17, 15) is 0 Å². The van der Waals surface area contributed by atoms with Crippen LogP contribution >= 0.6 is 0 Å². The van der Waals surface area contributed by atoms with Gasteiger partial charge in [0.05, 0.1) is 13.6 Å². The summed E-state index contributed by atoms with van der Waals surface area (Å²) in [4.78, 5) is 0. The molecule has 0 saturated carbocycles. The van der Waals surface area contributed by atoms with Crippen molar-refractivity contribution < 1.29 is 22.3 Å².